The Morgan fingerprint density at radius 3 is 3.08 bits per heavy atom. The van der Waals surface area contributed by atoms with E-state index >= 15 is 0 Å². The van der Waals surface area contributed by atoms with E-state index in [1.165, 1.54) is 0 Å². The van der Waals surface area contributed by atoms with Crippen LogP contribution in [0.4, 0.5) is 0 Å². The second-order valence-electron chi connectivity index (χ2n) is 3.08. The van der Waals surface area contributed by atoms with Crippen LogP contribution in [0.25, 0.3) is 0 Å². The standard InChI is InChI=1S/C8H16N2O2/c1-6(5-11)9-10-8-3-4-12-7(8)2/h6-7,9,11H,3-5H2,1-2H3/b10-8+. The lowest BCUT2D eigenvalue weighted by atomic mass is 10.2. The number of hydrazone groups is 1. The van der Waals surface area contributed by atoms with Crippen LogP contribution in [-0.2, 0) is 4.74 Å². The van der Waals surface area contributed by atoms with Gasteiger partial charge in [0.1, 0.15) is 0 Å². The van der Waals surface area contributed by atoms with E-state index in [4.69, 9.17) is 9.84 Å². The fraction of sp³-hybridized carbons (Fsp3) is 0.875. The minimum Gasteiger partial charge on any atom is -0.394 e. The molecule has 1 rings (SSSR count). The third kappa shape index (κ3) is 2.46. The van der Waals surface area contributed by atoms with Crippen molar-refractivity contribution in [2.24, 2.45) is 5.10 Å². The van der Waals surface area contributed by atoms with Gasteiger partial charge in [0.2, 0.25) is 0 Å². The number of nitrogens with one attached hydrogen (secondary N) is 1. The maximum absolute atomic E-state index is 8.71. The quantitative estimate of drug-likeness (QED) is 0.595. The lowest BCUT2D eigenvalue weighted by molar-refractivity contribution is 0.145. The number of rotatable bonds is 3. The van der Waals surface area contributed by atoms with Gasteiger partial charge in [0.25, 0.3) is 0 Å². The first-order chi connectivity index (χ1) is 5.74. The lowest BCUT2D eigenvalue weighted by Gasteiger charge is -2.08. The van der Waals surface area contributed by atoms with Crippen molar-refractivity contribution >= 4 is 5.71 Å². The van der Waals surface area contributed by atoms with Crippen LogP contribution in [0.5, 0.6) is 0 Å². The molecule has 0 spiro atoms. The minimum absolute atomic E-state index is 0.0188. The smallest absolute Gasteiger partial charge is 0.0946 e. The SMILES string of the molecule is CC(CO)N/N=C1\CCOC1C. The van der Waals surface area contributed by atoms with E-state index < -0.39 is 0 Å². The summed E-state index contributed by atoms with van der Waals surface area (Å²) in [5.74, 6) is 0. The summed E-state index contributed by atoms with van der Waals surface area (Å²) >= 11 is 0. The topological polar surface area (TPSA) is 53.8 Å². The summed E-state index contributed by atoms with van der Waals surface area (Å²) < 4.78 is 5.30. The van der Waals surface area contributed by atoms with Crippen LogP contribution in [0.3, 0.4) is 0 Å². The van der Waals surface area contributed by atoms with Gasteiger partial charge in [0.15, 0.2) is 0 Å². The van der Waals surface area contributed by atoms with Crippen LogP contribution in [0, 0.1) is 0 Å². The second-order valence-corrected chi connectivity index (χ2v) is 3.08. The van der Waals surface area contributed by atoms with Gasteiger partial charge in [0, 0.05) is 6.42 Å². The van der Waals surface area contributed by atoms with E-state index in [-0.39, 0.29) is 18.8 Å². The van der Waals surface area contributed by atoms with E-state index in [9.17, 15) is 0 Å². The summed E-state index contributed by atoms with van der Waals surface area (Å²) in [6.45, 7) is 4.73. The average Bonchev–Trinajstić information content (AvgIpc) is 2.47. The number of aliphatic hydroxyl groups is 1. The molecule has 1 heterocycles. The molecule has 1 saturated heterocycles. The van der Waals surface area contributed by atoms with E-state index in [0.717, 1.165) is 18.7 Å². The van der Waals surface area contributed by atoms with Crippen molar-refractivity contribution in [3.05, 3.63) is 0 Å². The highest BCUT2D eigenvalue weighted by molar-refractivity contribution is 5.89. The van der Waals surface area contributed by atoms with Crippen molar-refractivity contribution in [2.45, 2.75) is 32.4 Å². The summed E-state index contributed by atoms with van der Waals surface area (Å²) in [5.41, 5.74) is 3.90. The Morgan fingerprint density at radius 1 is 1.83 bits per heavy atom. The van der Waals surface area contributed by atoms with Gasteiger partial charge in [-0.25, -0.2) is 0 Å². The lowest BCUT2D eigenvalue weighted by Crippen LogP contribution is -2.27. The van der Waals surface area contributed by atoms with Crippen molar-refractivity contribution < 1.29 is 9.84 Å². The van der Waals surface area contributed by atoms with Gasteiger partial charge in [0.05, 0.1) is 31.1 Å². The van der Waals surface area contributed by atoms with Gasteiger partial charge in [-0.15, -0.1) is 0 Å². The van der Waals surface area contributed by atoms with Crippen molar-refractivity contribution in [3.8, 4) is 0 Å². The molecule has 1 aliphatic rings. The zero-order valence-corrected chi connectivity index (χ0v) is 7.58. The molecule has 4 nitrogen and oxygen atoms in total. The Bertz CT molecular complexity index is 170. The summed E-state index contributed by atoms with van der Waals surface area (Å²) in [4.78, 5) is 0. The molecule has 0 amide bonds. The van der Waals surface area contributed by atoms with Gasteiger partial charge in [-0.1, -0.05) is 0 Å². The van der Waals surface area contributed by atoms with Crippen LogP contribution >= 0.6 is 0 Å². The van der Waals surface area contributed by atoms with Crippen LogP contribution in [0.15, 0.2) is 5.10 Å². The third-order valence-corrected chi connectivity index (χ3v) is 1.90. The van der Waals surface area contributed by atoms with Crippen molar-refractivity contribution in [3.63, 3.8) is 0 Å². The summed E-state index contributed by atoms with van der Waals surface area (Å²) in [7, 11) is 0. The maximum atomic E-state index is 8.71. The van der Waals surface area contributed by atoms with E-state index in [0.29, 0.717) is 0 Å². The maximum Gasteiger partial charge on any atom is 0.0946 e. The third-order valence-electron chi connectivity index (χ3n) is 1.90. The number of aliphatic hydroxyl groups excluding tert-OH is 1. The molecule has 1 fully saturated rings. The van der Waals surface area contributed by atoms with E-state index in [1.54, 1.807) is 0 Å². The fourth-order valence-corrected chi connectivity index (χ4v) is 1.02. The van der Waals surface area contributed by atoms with Gasteiger partial charge in [-0.2, -0.15) is 5.10 Å². The molecule has 0 aromatic rings. The molecule has 12 heavy (non-hydrogen) atoms. The van der Waals surface area contributed by atoms with Crippen LogP contribution in [0.2, 0.25) is 0 Å². The molecule has 4 heteroatoms. The molecule has 2 unspecified atom stereocenters. The Kier molecular flexibility index (Phi) is 3.49. The van der Waals surface area contributed by atoms with Crippen molar-refractivity contribution in [2.75, 3.05) is 13.2 Å². The Labute approximate surface area is 72.6 Å². The predicted octanol–water partition coefficient (Wildman–Crippen LogP) is 0.122. The molecule has 0 saturated carbocycles. The van der Waals surface area contributed by atoms with Crippen LogP contribution < -0.4 is 5.43 Å². The molecular weight excluding hydrogens is 156 g/mol. The van der Waals surface area contributed by atoms with Crippen molar-refractivity contribution in [1.29, 1.82) is 0 Å². The highest BCUT2D eigenvalue weighted by Crippen LogP contribution is 2.08. The molecular formula is C8H16N2O2. The van der Waals surface area contributed by atoms with Gasteiger partial charge < -0.3 is 15.3 Å². The number of hydrogen-bond donors (Lipinski definition) is 2. The van der Waals surface area contributed by atoms with Gasteiger partial charge >= 0.3 is 0 Å². The van der Waals surface area contributed by atoms with Crippen LogP contribution in [0.1, 0.15) is 20.3 Å². The molecule has 1 aliphatic heterocycles. The number of nitrogens with zero attached hydrogens (tertiary/aromatic N) is 1. The fourth-order valence-electron chi connectivity index (χ4n) is 1.02. The highest BCUT2D eigenvalue weighted by atomic mass is 16.5. The molecule has 70 valence electrons. The number of hydrogen-bond acceptors (Lipinski definition) is 4. The van der Waals surface area contributed by atoms with Gasteiger partial charge in [-0.3, -0.25) is 0 Å². The summed E-state index contributed by atoms with van der Waals surface area (Å²) in [5, 5.41) is 12.9. The van der Waals surface area contributed by atoms with Gasteiger partial charge in [-0.05, 0) is 13.8 Å². The molecule has 0 bridgehead atoms. The Balaban J connectivity index is 2.35. The molecule has 2 N–H and O–H groups in total. The first-order valence-corrected chi connectivity index (χ1v) is 4.28. The van der Waals surface area contributed by atoms with Crippen molar-refractivity contribution in [1.82, 2.24) is 5.43 Å². The number of ether oxygens (including phenoxy) is 1. The Morgan fingerprint density at radius 2 is 2.58 bits per heavy atom. The summed E-state index contributed by atoms with van der Waals surface area (Å²) in [6.07, 6.45) is 1.02. The average molecular weight is 172 g/mol. The molecule has 0 aromatic carbocycles. The molecule has 0 aliphatic carbocycles. The highest BCUT2D eigenvalue weighted by Gasteiger charge is 2.18. The van der Waals surface area contributed by atoms with E-state index in [2.05, 4.69) is 10.5 Å². The molecule has 0 radical (unpaired) electrons. The zero-order chi connectivity index (χ0) is 8.97. The van der Waals surface area contributed by atoms with Crippen LogP contribution in [-0.4, -0.2) is 36.2 Å². The minimum atomic E-state index is 0.0188. The molecule has 0 aromatic heterocycles. The largest absolute Gasteiger partial charge is 0.394 e. The zero-order valence-electron chi connectivity index (χ0n) is 7.58. The normalized spacial score (nSPS) is 29.2. The summed E-state index contributed by atoms with van der Waals surface area (Å²) in [6, 6.07) is 0.0188. The predicted molar refractivity (Wildman–Crippen MR) is 47.1 cm³/mol. The second kappa shape index (κ2) is 4.42. The van der Waals surface area contributed by atoms with E-state index in [1.807, 2.05) is 13.8 Å². The monoisotopic (exact) mass is 172 g/mol. The Hall–Kier alpha value is -0.610. The molecule has 2 atom stereocenters. The first-order valence-electron chi connectivity index (χ1n) is 4.28. The first kappa shape index (κ1) is 9.48.